The highest BCUT2D eigenvalue weighted by molar-refractivity contribution is 5.76. The van der Waals surface area contributed by atoms with E-state index in [0.29, 0.717) is 32.3 Å². The monoisotopic (exact) mass is 320 g/mol. The molecule has 2 atom stereocenters. The summed E-state index contributed by atoms with van der Waals surface area (Å²) < 4.78 is 5.46. The Hall–Kier alpha value is -1.73. The summed E-state index contributed by atoms with van der Waals surface area (Å²) in [5.41, 5.74) is 0.258. The Morgan fingerprint density at radius 3 is 2.96 bits per heavy atom. The second-order valence-corrected chi connectivity index (χ2v) is 6.51. The lowest BCUT2D eigenvalue weighted by molar-refractivity contribution is -0.159. The van der Waals surface area contributed by atoms with Gasteiger partial charge in [-0.3, -0.25) is 9.69 Å². The van der Waals surface area contributed by atoms with Crippen molar-refractivity contribution >= 4 is 11.9 Å². The van der Waals surface area contributed by atoms with E-state index in [1.54, 1.807) is 0 Å². The van der Waals surface area contributed by atoms with Gasteiger partial charge >= 0.3 is 5.97 Å². The molecule has 1 aromatic rings. The summed E-state index contributed by atoms with van der Waals surface area (Å²) in [6.45, 7) is 5.94. The molecule has 0 spiro atoms. The molecule has 0 aromatic carbocycles. The first kappa shape index (κ1) is 16.1. The fourth-order valence-corrected chi connectivity index (χ4v) is 3.54. The normalized spacial score (nSPS) is 27.6. The molecule has 2 aliphatic heterocycles. The van der Waals surface area contributed by atoms with Crippen LogP contribution in [0.5, 0.6) is 0 Å². The summed E-state index contributed by atoms with van der Waals surface area (Å²) in [5, 5.41) is 12.8. The number of aromatic nitrogens is 2. The van der Waals surface area contributed by atoms with Crippen LogP contribution in [-0.4, -0.2) is 58.8 Å². The summed E-state index contributed by atoms with van der Waals surface area (Å²) >= 11 is 0. The van der Waals surface area contributed by atoms with Crippen LogP contribution < -0.4 is 5.32 Å². The number of nitrogens with one attached hydrogen (secondary N) is 1. The third kappa shape index (κ3) is 3.30. The van der Waals surface area contributed by atoms with E-state index in [-0.39, 0.29) is 5.92 Å². The highest BCUT2D eigenvalue weighted by Gasteiger charge is 2.53. The van der Waals surface area contributed by atoms with Crippen molar-refractivity contribution < 1.29 is 14.6 Å². The molecule has 2 N–H and O–H groups in total. The Labute approximate surface area is 136 Å². The molecule has 0 unspecified atom stereocenters. The number of carboxylic acid groups (broad SMARTS) is 1. The van der Waals surface area contributed by atoms with Crippen LogP contribution in [0.15, 0.2) is 12.4 Å². The quantitative estimate of drug-likeness (QED) is 0.815. The third-order valence-corrected chi connectivity index (χ3v) is 4.81. The number of nitrogens with zero attached hydrogens (tertiary/aromatic N) is 3. The molecule has 0 bridgehead atoms. The molecule has 7 nitrogen and oxygen atoms in total. The van der Waals surface area contributed by atoms with Gasteiger partial charge in [-0.05, 0) is 18.8 Å². The van der Waals surface area contributed by atoms with Crippen LogP contribution >= 0.6 is 0 Å². The van der Waals surface area contributed by atoms with Crippen LogP contribution in [0.1, 0.15) is 25.3 Å². The molecule has 2 fully saturated rings. The maximum Gasteiger partial charge on any atom is 0.313 e. The number of aliphatic carboxylic acids is 1. The van der Waals surface area contributed by atoms with E-state index in [9.17, 15) is 9.90 Å². The summed E-state index contributed by atoms with van der Waals surface area (Å²) in [7, 11) is 0. The fraction of sp³-hybridized carbons (Fsp3) is 0.688. The number of hydrogen-bond acceptors (Lipinski definition) is 6. The van der Waals surface area contributed by atoms with Gasteiger partial charge in [-0.2, -0.15) is 0 Å². The topological polar surface area (TPSA) is 87.6 Å². The number of hydrogen-bond donors (Lipinski definition) is 2. The van der Waals surface area contributed by atoms with E-state index < -0.39 is 11.4 Å². The van der Waals surface area contributed by atoms with E-state index in [4.69, 9.17) is 4.74 Å². The van der Waals surface area contributed by atoms with Gasteiger partial charge in [0.1, 0.15) is 5.41 Å². The van der Waals surface area contributed by atoms with Gasteiger partial charge in [-0.25, -0.2) is 9.97 Å². The second kappa shape index (κ2) is 6.80. The molecule has 0 amide bonds. The number of likely N-dealkylation sites (tertiary alicyclic amines) is 1. The minimum Gasteiger partial charge on any atom is -0.481 e. The van der Waals surface area contributed by atoms with Crippen LogP contribution in [0.2, 0.25) is 0 Å². The van der Waals surface area contributed by atoms with Crippen molar-refractivity contribution in [2.45, 2.75) is 26.3 Å². The standard InChI is InChI=1S/C16H24N4O3/c1-2-4-17-15-18-6-12(7-19-15)8-20-9-13-3-5-23-11-16(13,10-20)14(21)22/h6-7,13H,2-5,8-11H2,1H3,(H,21,22)(H,17,18,19)/t13-,16+/m0/s1. The van der Waals surface area contributed by atoms with Gasteiger partial charge in [0.15, 0.2) is 0 Å². The van der Waals surface area contributed by atoms with Crippen LogP contribution in [0, 0.1) is 11.3 Å². The minimum atomic E-state index is -0.748. The molecule has 126 valence electrons. The zero-order valence-electron chi connectivity index (χ0n) is 13.5. The van der Waals surface area contributed by atoms with Gasteiger partial charge in [-0.15, -0.1) is 0 Å². The van der Waals surface area contributed by atoms with Gasteiger partial charge in [0.2, 0.25) is 5.95 Å². The predicted octanol–water partition coefficient (Wildman–Crippen LogP) is 1.22. The van der Waals surface area contributed by atoms with Crippen LogP contribution in [0.25, 0.3) is 0 Å². The fourth-order valence-electron chi connectivity index (χ4n) is 3.54. The summed E-state index contributed by atoms with van der Waals surface area (Å²) in [6, 6.07) is 0. The van der Waals surface area contributed by atoms with Crippen molar-refractivity contribution in [3.8, 4) is 0 Å². The SMILES string of the molecule is CCCNc1ncc(CN2C[C@@H]3CCOC[C@]3(C(=O)O)C2)cn1. The Kier molecular flexibility index (Phi) is 4.77. The molecule has 0 saturated carbocycles. The molecule has 23 heavy (non-hydrogen) atoms. The lowest BCUT2D eigenvalue weighted by Crippen LogP contribution is -2.46. The average Bonchev–Trinajstić information content (AvgIpc) is 2.93. The van der Waals surface area contributed by atoms with Gasteiger partial charge < -0.3 is 15.2 Å². The van der Waals surface area contributed by atoms with Crippen molar-refractivity contribution in [2.24, 2.45) is 11.3 Å². The molecule has 2 aliphatic rings. The van der Waals surface area contributed by atoms with Crippen molar-refractivity contribution in [2.75, 3.05) is 38.2 Å². The molecular formula is C16H24N4O3. The molecule has 1 aromatic heterocycles. The molecule has 2 saturated heterocycles. The van der Waals surface area contributed by atoms with Crippen molar-refractivity contribution in [3.63, 3.8) is 0 Å². The van der Waals surface area contributed by atoms with Crippen LogP contribution in [0.4, 0.5) is 5.95 Å². The summed E-state index contributed by atoms with van der Waals surface area (Å²) in [6.07, 6.45) is 5.48. The number of anilines is 1. The predicted molar refractivity (Wildman–Crippen MR) is 85.1 cm³/mol. The Balaban J connectivity index is 1.64. The molecule has 3 rings (SSSR count). The van der Waals surface area contributed by atoms with Crippen molar-refractivity contribution in [1.29, 1.82) is 0 Å². The van der Waals surface area contributed by atoms with Crippen LogP contribution in [0.3, 0.4) is 0 Å². The number of carboxylic acids is 1. The zero-order chi connectivity index (χ0) is 16.3. The van der Waals surface area contributed by atoms with E-state index in [2.05, 4.69) is 27.1 Å². The molecule has 3 heterocycles. The molecule has 0 aliphatic carbocycles. The lowest BCUT2D eigenvalue weighted by atomic mass is 9.76. The van der Waals surface area contributed by atoms with Crippen molar-refractivity contribution in [1.82, 2.24) is 14.9 Å². The highest BCUT2D eigenvalue weighted by atomic mass is 16.5. The molecular weight excluding hydrogens is 296 g/mol. The largest absolute Gasteiger partial charge is 0.481 e. The summed E-state index contributed by atoms with van der Waals surface area (Å²) in [4.78, 5) is 22.6. The summed E-state index contributed by atoms with van der Waals surface area (Å²) in [5.74, 6) is 0.0707. The van der Waals surface area contributed by atoms with Gasteiger partial charge in [0.25, 0.3) is 0 Å². The number of rotatable bonds is 6. The van der Waals surface area contributed by atoms with Crippen LogP contribution in [-0.2, 0) is 16.1 Å². The lowest BCUT2D eigenvalue weighted by Gasteiger charge is -2.34. The number of fused-ring (bicyclic) bond motifs is 1. The smallest absolute Gasteiger partial charge is 0.313 e. The third-order valence-electron chi connectivity index (χ3n) is 4.81. The first-order chi connectivity index (χ1) is 11.1. The number of ether oxygens (including phenoxy) is 1. The van der Waals surface area contributed by atoms with E-state index in [1.165, 1.54) is 0 Å². The first-order valence-electron chi connectivity index (χ1n) is 8.22. The van der Waals surface area contributed by atoms with Crippen molar-refractivity contribution in [3.05, 3.63) is 18.0 Å². The first-order valence-corrected chi connectivity index (χ1v) is 8.22. The van der Waals surface area contributed by atoms with E-state index >= 15 is 0 Å². The highest BCUT2D eigenvalue weighted by Crippen LogP contribution is 2.42. The minimum absolute atomic E-state index is 0.167. The maximum absolute atomic E-state index is 11.8. The zero-order valence-corrected chi connectivity index (χ0v) is 13.5. The van der Waals surface area contributed by atoms with E-state index in [0.717, 1.165) is 31.5 Å². The Morgan fingerprint density at radius 2 is 2.30 bits per heavy atom. The Morgan fingerprint density at radius 1 is 1.52 bits per heavy atom. The average molecular weight is 320 g/mol. The van der Waals surface area contributed by atoms with Gasteiger partial charge in [0.05, 0.1) is 6.61 Å². The molecule has 0 radical (unpaired) electrons. The number of carbonyl (C=O) groups is 1. The van der Waals surface area contributed by atoms with Gasteiger partial charge in [-0.1, -0.05) is 6.92 Å². The maximum atomic E-state index is 11.8. The van der Waals surface area contributed by atoms with Gasteiger partial charge in [0, 0.05) is 50.7 Å². The second-order valence-electron chi connectivity index (χ2n) is 6.51. The Bertz CT molecular complexity index is 551. The van der Waals surface area contributed by atoms with E-state index in [1.807, 2.05) is 12.4 Å². The molecule has 7 heteroatoms.